The molecule has 2 heterocycles. The summed E-state index contributed by atoms with van der Waals surface area (Å²) in [6.45, 7) is 5.53. The highest BCUT2D eigenvalue weighted by Crippen LogP contribution is 2.49. The molecule has 2 aromatic rings. The third-order valence-electron chi connectivity index (χ3n) is 7.85. The molecule has 0 radical (unpaired) electrons. The quantitative estimate of drug-likeness (QED) is 0.238. The van der Waals surface area contributed by atoms with Gasteiger partial charge in [-0.3, -0.25) is 14.5 Å². The topological polar surface area (TPSA) is 98.1 Å². The van der Waals surface area contributed by atoms with Crippen LogP contribution in [0.4, 0.5) is 34.6 Å². The summed E-state index contributed by atoms with van der Waals surface area (Å²) in [5, 5.41) is 12.1. The Hall–Kier alpha value is -4.03. The first-order chi connectivity index (χ1) is 20.7. The van der Waals surface area contributed by atoms with Crippen molar-refractivity contribution in [2.75, 3.05) is 41.0 Å². The van der Waals surface area contributed by atoms with Gasteiger partial charge >= 0.3 is 12.1 Å². The van der Waals surface area contributed by atoms with Crippen LogP contribution >= 0.6 is 24.4 Å². The van der Waals surface area contributed by atoms with E-state index in [1.54, 1.807) is 6.92 Å². The highest BCUT2D eigenvalue weighted by atomic mass is 32.1. The fourth-order valence-corrected chi connectivity index (χ4v) is 6.05. The Morgan fingerprint density at radius 2 is 1.89 bits per heavy atom. The lowest BCUT2D eigenvalue weighted by Gasteiger charge is -2.32. The Kier molecular flexibility index (Phi) is 7.96. The predicted octanol–water partition coefficient (Wildman–Crippen LogP) is 5.05. The maximum atomic E-state index is 16.7. The van der Waals surface area contributed by atoms with Crippen molar-refractivity contribution in [1.82, 2.24) is 5.32 Å². The van der Waals surface area contributed by atoms with E-state index in [0.717, 1.165) is 11.0 Å². The third kappa shape index (κ3) is 5.19. The molecule has 2 aromatic carbocycles. The molecule has 9 nitrogen and oxygen atoms in total. The Labute approximate surface area is 261 Å². The van der Waals surface area contributed by atoms with Crippen LogP contribution in [-0.2, 0) is 20.5 Å². The van der Waals surface area contributed by atoms with E-state index in [0.29, 0.717) is 32.0 Å². The van der Waals surface area contributed by atoms with Crippen molar-refractivity contribution in [1.29, 1.82) is 5.26 Å². The van der Waals surface area contributed by atoms with Crippen LogP contribution in [0.1, 0.15) is 44.7 Å². The molecule has 0 unspecified atom stereocenters. The first-order valence-electron chi connectivity index (χ1n) is 13.7. The number of alkyl halides is 3. The minimum atomic E-state index is -4.87. The predicted molar refractivity (Wildman–Crippen MR) is 161 cm³/mol. The number of nitrogens with one attached hydrogen (secondary N) is 1. The van der Waals surface area contributed by atoms with Gasteiger partial charge in [-0.25, -0.2) is 4.39 Å². The van der Waals surface area contributed by atoms with Gasteiger partial charge in [-0.2, -0.15) is 18.4 Å². The highest BCUT2D eigenvalue weighted by molar-refractivity contribution is 7.81. The Bertz CT molecular complexity index is 1620. The van der Waals surface area contributed by atoms with Crippen LogP contribution < -0.4 is 24.8 Å². The van der Waals surface area contributed by atoms with Crippen LogP contribution in [0.5, 0.6) is 5.75 Å². The van der Waals surface area contributed by atoms with Crippen molar-refractivity contribution in [3.63, 3.8) is 0 Å². The van der Waals surface area contributed by atoms with E-state index < -0.39 is 46.0 Å². The van der Waals surface area contributed by atoms with E-state index in [1.807, 2.05) is 0 Å². The lowest BCUT2D eigenvalue weighted by atomic mass is 10.0. The van der Waals surface area contributed by atoms with Gasteiger partial charge in [0.15, 0.2) is 16.0 Å². The van der Waals surface area contributed by atoms with Crippen molar-refractivity contribution >= 4 is 63.6 Å². The van der Waals surface area contributed by atoms with Gasteiger partial charge in [-0.05, 0) is 88.4 Å². The molecule has 0 atom stereocenters. The van der Waals surface area contributed by atoms with Gasteiger partial charge in [-0.1, -0.05) is 0 Å². The standard InChI is InChI=1S/C29H27F4N5O4S2/c1-4-41-24(40)28(9-10-28)15-42-20-8-7-19(21(30)22(20)36-12-11-35-25(36)43)38-26(44)37(23(39)27(38,2)3)17-6-5-16(14-34)18(13-17)29(31,32)33/h5-8,13H,4,9-12,15H2,1-3H3,(H,35,43). The molecule has 3 fully saturated rings. The van der Waals surface area contributed by atoms with Crippen LogP contribution in [-0.4, -0.2) is 53.9 Å². The number of halogens is 4. The smallest absolute Gasteiger partial charge is 0.417 e. The molecular formula is C29H27F4N5O4S2. The van der Waals surface area contributed by atoms with E-state index >= 15 is 4.39 Å². The van der Waals surface area contributed by atoms with Crippen LogP contribution in [0.3, 0.4) is 0 Å². The second-order valence-corrected chi connectivity index (χ2v) is 11.8. The zero-order valence-corrected chi connectivity index (χ0v) is 25.5. The van der Waals surface area contributed by atoms with Crippen molar-refractivity contribution in [2.24, 2.45) is 5.41 Å². The molecule has 5 rings (SSSR count). The number of nitriles is 1. The summed E-state index contributed by atoms with van der Waals surface area (Å²) in [7, 11) is 0. The number of rotatable bonds is 8. The van der Waals surface area contributed by atoms with Gasteiger partial charge < -0.3 is 24.6 Å². The summed E-state index contributed by atoms with van der Waals surface area (Å²) >= 11 is 11.0. The number of benzene rings is 2. The molecule has 2 aliphatic heterocycles. The van der Waals surface area contributed by atoms with E-state index in [-0.39, 0.29) is 46.3 Å². The Morgan fingerprint density at radius 3 is 2.45 bits per heavy atom. The molecule has 1 aliphatic carbocycles. The zero-order chi connectivity index (χ0) is 32.2. The number of carbonyl (C=O) groups excluding carboxylic acids is 2. The number of carbonyl (C=O) groups is 2. The van der Waals surface area contributed by atoms with Crippen LogP contribution in [0, 0.1) is 22.6 Å². The number of hydrogen-bond donors (Lipinski definition) is 1. The van der Waals surface area contributed by atoms with Crippen LogP contribution in [0.15, 0.2) is 30.3 Å². The fourth-order valence-electron chi connectivity index (χ4n) is 5.25. The van der Waals surface area contributed by atoms with Crippen molar-refractivity contribution in [3.8, 4) is 11.8 Å². The van der Waals surface area contributed by atoms with Gasteiger partial charge in [0.25, 0.3) is 5.91 Å². The molecular weight excluding hydrogens is 622 g/mol. The number of thiocarbonyl (C=S) groups is 2. The molecule has 0 bridgehead atoms. The normalized spacial score (nSPS) is 18.8. The van der Waals surface area contributed by atoms with Gasteiger partial charge in [0.2, 0.25) is 0 Å². The summed E-state index contributed by atoms with van der Waals surface area (Å²) in [6.07, 6.45) is -3.75. The molecule has 2 saturated heterocycles. The largest absolute Gasteiger partial charge is 0.490 e. The molecule has 0 spiro atoms. The molecule has 232 valence electrons. The first kappa shape index (κ1) is 31.4. The van der Waals surface area contributed by atoms with Gasteiger partial charge in [0, 0.05) is 13.1 Å². The summed E-state index contributed by atoms with van der Waals surface area (Å²) in [4.78, 5) is 29.8. The second-order valence-electron chi connectivity index (χ2n) is 11.1. The second kappa shape index (κ2) is 11.2. The molecule has 44 heavy (non-hydrogen) atoms. The van der Waals surface area contributed by atoms with Gasteiger partial charge in [0.05, 0.1) is 35.2 Å². The average molecular weight is 650 g/mol. The first-order valence-corrected chi connectivity index (χ1v) is 14.5. The van der Waals surface area contributed by atoms with Crippen LogP contribution in [0.2, 0.25) is 0 Å². The maximum absolute atomic E-state index is 16.7. The summed E-state index contributed by atoms with van der Waals surface area (Å²) in [6, 6.07) is 7.15. The Morgan fingerprint density at radius 1 is 1.18 bits per heavy atom. The number of hydrogen-bond acceptors (Lipinski definition) is 7. The summed E-state index contributed by atoms with van der Waals surface area (Å²) < 4.78 is 69.1. The maximum Gasteiger partial charge on any atom is 0.417 e. The molecule has 15 heteroatoms. The van der Waals surface area contributed by atoms with Crippen molar-refractivity contribution < 1.29 is 36.6 Å². The Balaban J connectivity index is 1.55. The average Bonchev–Trinajstić information content (AvgIpc) is 3.61. The summed E-state index contributed by atoms with van der Waals surface area (Å²) in [5.41, 5.74) is -4.61. The lowest BCUT2D eigenvalue weighted by Crippen LogP contribution is -2.45. The minimum absolute atomic E-state index is 0.0422. The molecule has 3 aliphatic rings. The number of amides is 1. The van der Waals surface area contributed by atoms with Crippen LogP contribution in [0.25, 0.3) is 0 Å². The van der Waals surface area contributed by atoms with E-state index in [2.05, 4.69) is 5.32 Å². The third-order valence-corrected chi connectivity index (χ3v) is 8.58. The van der Waals surface area contributed by atoms with E-state index in [1.165, 1.54) is 47.9 Å². The molecule has 1 amide bonds. The van der Waals surface area contributed by atoms with Gasteiger partial charge in [-0.15, -0.1) is 0 Å². The summed E-state index contributed by atoms with van der Waals surface area (Å²) in [5.74, 6) is -1.84. The fraction of sp³-hybridized carbons (Fsp3) is 0.414. The molecule has 0 aromatic heterocycles. The number of esters is 1. The van der Waals surface area contributed by atoms with Crippen molar-refractivity contribution in [3.05, 3.63) is 47.3 Å². The molecule has 1 N–H and O–H groups in total. The van der Waals surface area contributed by atoms with Gasteiger partial charge in [0.1, 0.15) is 29.0 Å². The van der Waals surface area contributed by atoms with E-state index in [9.17, 15) is 28.0 Å². The van der Waals surface area contributed by atoms with Crippen molar-refractivity contribution in [2.45, 2.75) is 45.3 Å². The zero-order valence-electron chi connectivity index (χ0n) is 23.9. The number of nitrogens with zero attached hydrogens (tertiary/aromatic N) is 4. The monoisotopic (exact) mass is 649 g/mol. The number of anilines is 3. The SMILES string of the molecule is CCOC(=O)C1(COc2ccc(N3C(=S)N(c4ccc(C#N)c(C(F)(F)F)c4)C(=O)C3(C)C)c(F)c2N2CCNC2=S)CC1. The lowest BCUT2D eigenvalue weighted by molar-refractivity contribution is -0.151. The molecule has 1 saturated carbocycles. The highest BCUT2D eigenvalue weighted by Gasteiger charge is 2.53. The number of ether oxygens (including phenoxy) is 2. The minimum Gasteiger partial charge on any atom is -0.490 e. The van der Waals surface area contributed by atoms with E-state index in [4.69, 9.17) is 33.9 Å².